The van der Waals surface area contributed by atoms with Crippen LogP contribution in [-0.2, 0) is 9.47 Å². The third-order valence-electron chi connectivity index (χ3n) is 4.35. The number of rotatable bonds is 2. The van der Waals surface area contributed by atoms with Gasteiger partial charge in [-0.05, 0) is 24.3 Å². The lowest BCUT2D eigenvalue weighted by Gasteiger charge is -2.34. The van der Waals surface area contributed by atoms with Crippen LogP contribution in [0.4, 0.5) is 0 Å². The van der Waals surface area contributed by atoms with E-state index in [4.69, 9.17) is 14.2 Å². The summed E-state index contributed by atoms with van der Waals surface area (Å²) in [7, 11) is 1.70. The van der Waals surface area contributed by atoms with Crippen LogP contribution >= 0.6 is 0 Å². The maximum atomic E-state index is 5.91. The summed E-state index contributed by atoms with van der Waals surface area (Å²) in [6.07, 6.45) is -0.299. The molecule has 1 aliphatic heterocycles. The first-order valence-electron chi connectivity index (χ1n) is 7.89. The first kappa shape index (κ1) is 14.5. The van der Waals surface area contributed by atoms with Crippen molar-refractivity contribution in [2.24, 2.45) is 5.41 Å². The van der Waals surface area contributed by atoms with E-state index in [1.54, 1.807) is 7.11 Å². The fourth-order valence-corrected chi connectivity index (χ4v) is 3.14. The maximum absolute atomic E-state index is 5.91. The van der Waals surface area contributed by atoms with Crippen LogP contribution in [0.15, 0.2) is 36.4 Å². The lowest BCUT2D eigenvalue weighted by molar-refractivity contribution is -0.226. The van der Waals surface area contributed by atoms with E-state index in [0.29, 0.717) is 13.2 Å². The molecule has 0 amide bonds. The van der Waals surface area contributed by atoms with Crippen molar-refractivity contribution < 1.29 is 14.2 Å². The van der Waals surface area contributed by atoms with Crippen LogP contribution in [-0.4, -0.2) is 25.3 Å². The first-order chi connectivity index (χ1) is 11.1. The molecule has 4 rings (SSSR count). The molecule has 1 N–H and O–H groups in total. The van der Waals surface area contributed by atoms with Gasteiger partial charge in [-0.25, -0.2) is 0 Å². The Bertz CT molecular complexity index is 856. The van der Waals surface area contributed by atoms with Crippen molar-refractivity contribution >= 4 is 21.8 Å². The Kier molecular flexibility index (Phi) is 3.32. The Morgan fingerprint density at radius 3 is 2.61 bits per heavy atom. The minimum absolute atomic E-state index is 0.0740. The number of benzene rings is 2. The van der Waals surface area contributed by atoms with Crippen molar-refractivity contribution in [2.75, 3.05) is 20.3 Å². The van der Waals surface area contributed by atoms with E-state index < -0.39 is 0 Å². The Labute approximate surface area is 135 Å². The van der Waals surface area contributed by atoms with Crippen molar-refractivity contribution in [3.63, 3.8) is 0 Å². The zero-order valence-corrected chi connectivity index (χ0v) is 13.7. The fourth-order valence-electron chi connectivity index (χ4n) is 3.14. The molecular weight excluding hydrogens is 290 g/mol. The third kappa shape index (κ3) is 2.48. The van der Waals surface area contributed by atoms with Crippen LogP contribution in [0.1, 0.15) is 25.7 Å². The summed E-state index contributed by atoms with van der Waals surface area (Å²) in [6.45, 7) is 5.70. The van der Waals surface area contributed by atoms with Crippen molar-refractivity contribution in [1.29, 1.82) is 0 Å². The molecule has 0 aliphatic carbocycles. The summed E-state index contributed by atoms with van der Waals surface area (Å²) in [5.41, 5.74) is 3.28. The van der Waals surface area contributed by atoms with Gasteiger partial charge in [0.2, 0.25) is 0 Å². The lowest BCUT2D eigenvalue weighted by Crippen LogP contribution is -2.33. The molecule has 1 aromatic heterocycles. The number of aromatic amines is 1. The smallest absolute Gasteiger partial charge is 0.183 e. The van der Waals surface area contributed by atoms with E-state index in [0.717, 1.165) is 33.1 Å². The van der Waals surface area contributed by atoms with E-state index >= 15 is 0 Å². The second-order valence-electron chi connectivity index (χ2n) is 6.93. The number of ether oxygens (including phenoxy) is 3. The quantitative estimate of drug-likeness (QED) is 0.763. The summed E-state index contributed by atoms with van der Waals surface area (Å²) < 4.78 is 17.3. The Balaban J connectivity index is 1.79. The van der Waals surface area contributed by atoms with E-state index in [9.17, 15) is 0 Å². The number of methoxy groups -OCH3 is 1. The van der Waals surface area contributed by atoms with Crippen molar-refractivity contribution in [3.8, 4) is 5.75 Å². The monoisotopic (exact) mass is 311 g/mol. The van der Waals surface area contributed by atoms with E-state index in [-0.39, 0.29) is 11.7 Å². The molecule has 2 aromatic carbocycles. The van der Waals surface area contributed by atoms with Crippen molar-refractivity contribution in [2.45, 2.75) is 20.1 Å². The zero-order chi connectivity index (χ0) is 16.0. The SMILES string of the molecule is COc1cccc2[nH]c3ccc(C4OCC(C)(C)CO4)cc3c12. The molecular formula is C19H21NO3. The summed E-state index contributed by atoms with van der Waals surface area (Å²) in [4.78, 5) is 3.43. The number of fused-ring (bicyclic) bond motifs is 3. The molecule has 0 atom stereocenters. The first-order valence-corrected chi connectivity index (χ1v) is 7.89. The van der Waals surface area contributed by atoms with Gasteiger partial charge in [0.25, 0.3) is 0 Å². The van der Waals surface area contributed by atoms with Gasteiger partial charge < -0.3 is 19.2 Å². The second kappa shape index (κ2) is 5.25. The molecule has 1 fully saturated rings. The van der Waals surface area contributed by atoms with Crippen LogP contribution < -0.4 is 4.74 Å². The summed E-state index contributed by atoms with van der Waals surface area (Å²) in [5.74, 6) is 0.873. The molecule has 1 saturated heterocycles. The molecule has 0 unspecified atom stereocenters. The van der Waals surface area contributed by atoms with Gasteiger partial charge >= 0.3 is 0 Å². The van der Waals surface area contributed by atoms with Crippen molar-refractivity contribution in [1.82, 2.24) is 4.98 Å². The minimum Gasteiger partial charge on any atom is -0.496 e. The van der Waals surface area contributed by atoms with Gasteiger partial charge in [-0.15, -0.1) is 0 Å². The number of nitrogens with one attached hydrogen (secondary N) is 1. The van der Waals surface area contributed by atoms with Crippen molar-refractivity contribution in [3.05, 3.63) is 42.0 Å². The molecule has 2 heterocycles. The molecule has 1 aliphatic rings. The number of hydrogen-bond acceptors (Lipinski definition) is 3. The van der Waals surface area contributed by atoms with E-state index in [1.165, 1.54) is 0 Å². The molecule has 0 spiro atoms. The van der Waals surface area contributed by atoms with Crippen LogP contribution in [0.2, 0.25) is 0 Å². The fraction of sp³-hybridized carbons (Fsp3) is 0.368. The highest BCUT2D eigenvalue weighted by atomic mass is 16.7. The summed E-state index contributed by atoms with van der Waals surface area (Å²) in [5, 5.41) is 2.23. The van der Waals surface area contributed by atoms with Crippen LogP contribution in [0.3, 0.4) is 0 Å². The number of aromatic nitrogens is 1. The van der Waals surface area contributed by atoms with Gasteiger partial charge in [0.05, 0.1) is 25.8 Å². The highest BCUT2D eigenvalue weighted by molar-refractivity contribution is 6.10. The van der Waals surface area contributed by atoms with Gasteiger partial charge in [0.15, 0.2) is 6.29 Å². The third-order valence-corrected chi connectivity index (χ3v) is 4.35. The molecule has 0 radical (unpaired) electrons. The largest absolute Gasteiger partial charge is 0.496 e. The topological polar surface area (TPSA) is 43.5 Å². The molecule has 3 aromatic rings. The Hall–Kier alpha value is -2.04. The van der Waals surface area contributed by atoms with Crippen LogP contribution in [0.25, 0.3) is 21.8 Å². The average molecular weight is 311 g/mol. The molecule has 4 heteroatoms. The Morgan fingerprint density at radius 1 is 1.09 bits per heavy atom. The normalized spacial score (nSPS) is 18.6. The lowest BCUT2D eigenvalue weighted by atomic mass is 9.95. The second-order valence-corrected chi connectivity index (χ2v) is 6.93. The maximum Gasteiger partial charge on any atom is 0.183 e. The van der Waals surface area contributed by atoms with Crippen LogP contribution in [0, 0.1) is 5.41 Å². The molecule has 120 valence electrons. The molecule has 23 heavy (non-hydrogen) atoms. The molecule has 0 saturated carbocycles. The summed E-state index contributed by atoms with van der Waals surface area (Å²) >= 11 is 0. The predicted molar refractivity (Wildman–Crippen MR) is 90.8 cm³/mol. The van der Waals surface area contributed by atoms with E-state index in [2.05, 4.69) is 43.1 Å². The predicted octanol–water partition coefficient (Wildman–Crippen LogP) is 4.40. The minimum atomic E-state index is -0.299. The summed E-state index contributed by atoms with van der Waals surface area (Å²) in [6, 6.07) is 12.3. The molecule has 0 bridgehead atoms. The average Bonchev–Trinajstić information content (AvgIpc) is 2.92. The number of H-pyrrole nitrogens is 1. The van der Waals surface area contributed by atoms with Crippen LogP contribution in [0.5, 0.6) is 5.75 Å². The highest BCUT2D eigenvalue weighted by Crippen LogP contribution is 2.36. The van der Waals surface area contributed by atoms with Gasteiger partial charge in [0.1, 0.15) is 5.75 Å². The number of hydrogen-bond donors (Lipinski definition) is 1. The van der Waals surface area contributed by atoms with E-state index in [1.807, 2.05) is 12.1 Å². The Morgan fingerprint density at radius 2 is 1.87 bits per heavy atom. The van der Waals surface area contributed by atoms with Gasteiger partial charge in [-0.2, -0.15) is 0 Å². The van der Waals surface area contributed by atoms with Gasteiger partial charge in [-0.3, -0.25) is 0 Å². The van der Waals surface area contributed by atoms with Gasteiger partial charge in [0, 0.05) is 27.3 Å². The zero-order valence-electron chi connectivity index (χ0n) is 13.7. The highest BCUT2D eigenvalue weighted by Gasteiger charge is 2.29. The van der Waals surface area contributed by atoms with Gasteiger partial charge in [-0.1, -0.05) is 26.0 Å². The molecule has 4 nitrogen and oxygen atoms in total. The standard InChI is InChI=1S/C19H21NO3/c1-19(2)10-22-18(23-11-19)12-7-8-14-13(9-12)17-15(20-14)5-4-6-16(17)21-3/h4-9,18,20H,10-11H2,1-3H3.